The van der Waals surface area contributed by atoms with Gasteiger partial charge in [-0.1, -0.05) is 0 Å². The molecule has 0 atom stereocenters. The first-order chi connectivity index (χ1) is 9.51. The fourth-order valence-electron chi connectivity index (χ4n) is 1.65. The van der Waals surface area contributed by atoms with Crippen molar-refractivity contribution in [1.29, 1.82) is 0 Å². The van der Waals surface area contributed by atoms with Crippen LogP contribution < -0.4 is 0 Å². The van der Waals surface area contributed by atoms with Gasteiger partial charge in [-0.15, -0.1) is 0 Å². The van der Waals surface area contributed by atoms with Crippen molar-refractivity contribution in [1.82, 2.24) is 9.78 Å². The SMILES string of the molecule is CCOC(=O)c1cc(O)n(Cc2cc(F)ccc2F)n1. The highest BCUT2D eigenvalue weighted by Crippen LogP contribution is 2.17. The average Bonchev–Trinajstić information content (AvgIpc) is 2.76. The molecule has 0 aliphatic rings. The van der Waals surface area contributed by atoms with Crippen LogP contribution in [0.15, 0.2) is 24.3 Å². The highest BCUT2D eigenvalue weighted by Gasteiger charge is 2.16. The van der Waals surface area contributed by atoms with Crippen LogP contribution in [0.25, 0.3) is 0 Å². The lowest BCUT2D eigenvalue weighted by molar-refractivity contribution is 0.0518. The molecule has 2 rings (SSSR count). The van der Waals surface area contributed by atoms with E-state index in [9.17, 15) is 18.7 Å². The van der Waals surface area contributed by atoms with Crippen LogP contribution in [0.4, 0.5) is 8.78 Å². The second-order valence-corrected chi connectivity index (χ2v) is 4.00. The lowest BCUT2D eigenvalue weighted by Gasteiger charge is -2.05. The number of nitrogens with zero attached hydrogens (tertiary/aromatic N) is 2. The van der Waals surface area contributed by atoms with Gasteiger partial charge >= 0.3 is 5.97 Å². The molecule has 20 heavy (non-hydrogen) atoms. The summed E-state index contributed by atoms with van der Waals surface area (Å²) in [4.78, 5) is 11.4. The summed E-state index contributed by atoms with van der Waals surface area (Å²) < 4.78 is 32.3. The molecule has 0 radical (unpaired) electrons. The third-order valence-corrected chi connectivity index (χ3v) is 2.57. The normalized spacial score (nSPS) is 10.6. The number of rotatable bonds is 4. The minimum atomic E-state index is -0.693. The Hall–Kier alpha value is -2.44. The van der Waals surface area contributed by atoms with Crippen molar-refractivity contribution in [3.05, 3.63) is 47.2 Å². The van der Waals surface area contributed by atoms with E-state index in [1.165, 1.54) is 0 Å². The molecule has 106 valence electrons. The summed E-state index contributed by atoms with van der Waals surface area (Å²) in [5, 5.41) is 13.4. The molecule has 1 aromatic carbocycles. The number of esters is 1. The van der Waals surface area contributed by atoms with Crippen molar-refractivity contribution in [3.8, 4) is 5.88 Å². The van der Waals surface area contributed by atoms with Gasteiger partial charge in [0.2, 0.25) is 5.88 Å². The number of hydrogen-bond donors (Lipinski definition) is 1. The summed E-state index contributed by atoms with van der Waals surface area (Å²) in [5.74, 6) is -2.25. The molecule has 7 heteroatoms. The number of halogens is 2. The van der Waals surface area contributed by atoms with Gasteiger partial charge < -0.3 is 9.84 Å². The predicted octanol–water partition coefficient (Wildman–Crippen LogP) is 2.09. The van der Waals surface area contributed by atoms with E-state index in [2.05, 4.69) is 5.10 Å². The molecule has 0 saturated carbocycles. The van der Waals surface area contributed by atoms with Crippen molar-refractivity contribution in [2.45, 2.75) is 13.5 Å². The van der Waals surface area contributed by atoms with Crippen molar-refractivity contribution >= 4 is 5.97 Å². The average molecular weight is 282 g/mol. The van der Waals surface area contributed by atoms with Crippen LogP contribution in [0.1, 0.15) is 23.0 Å². The van der Waals surface area contributed by atoms with E-state index in [0.717, 1.165) is 28.9 Å². The molecule has 1 N–H and O–H groups in total. The van der Waals surface area contributed by atoms with Gasteiger partial charge in [-0.2, -0.15) is 5.10 Å². The highest BCUT2D eigenvalue weighted by atomic mass is 19.1. The van der Waals surface area contributed by atoms with Gasteiger partial charge in [0, 0.05) is 11.6 Å². The Morgan fingerprint density at radius 1 is 1.40 bits per heavy atom. The molecule has 0 saturated heterocycles. The summed E-state index contributed by atoms with van der Waals surface area (Å²) in [5.41, 5.74) is -0.0834. The number of hydrogen-bond acceptors (Lipinski definition) is 4. The lowest BCUT2D eigenvalue weighted by Crippen LogP contribution is -2.08. The maximum atomic E-state index is 13.5. The molecule has 5 nitrogen and oxygen atoms in total. The van der Waals surface area contributed by atoms with Crippen LogP contribution in [0.2, 0.25) is 0 Å². The first-order valence-electron chi connectivity index (χ1n) is 5.89. The van der Waals surface area contributed by atoms with Gasteiger partial charge in [-0.05, 0) is 25.1 Å². The number of ether oxygens (including phenoxy) is 1. The summed E-state index contributed by atoms with van der Waals surface area (Å²) in [6.07, 6.45) is 0. The molecule has 0 unspecified atom stereocenters. The van der Waals surface area contributed by atoms with E-state index >= 15 is 0 Å². The Labute approximate surface area is 113 Å². The summed E-state index contributed by atoms with van der Waals surface area (Å²) in [6, 6.07) is 4.08. The van der Waals surface area contributed by atoms with Gasteiger partial charge in [-0.25, -0.2) is 18.3 Å². The molecular weight excluding hydrogens is 270 g/mol. The standard InChI is InChI=1S/C13H12F2N2O3/c1-2-20-13(19)11-6-12(18)17(16-11)7-8-5-9(14)3-4-10(8)15/h3-6,18H,2,7H2,1H3. The second kappa shape index (κ2) is 5.68. The highest BCUT2D eigenvalue weighted by molar-refractivity contribution is 5.87. The van der Waals surface area contributed by atoms with E-state index in [4.69, 9.17) is 4.74 Å². The van der Waals surface area contributed by atoms with Gasteiger partial charge in [0.05, 0.1) is 13.2 Å². The molecule has 0 spiro atoms. The Morgan fingerprint density at radius 3 is 2.85 bits per heavy atom. The van der Waals surface area contributed by atoms with Crippen LogP contribution in [-0.4, -0.2) is 27.5 Å². The van der Waals surface area contributed by atoms with E-state index < -0.39 is 17.6 Å². The molecule has 1 heterocycles. The minimum Gasteiger partial charge on any atom is -0.493 e. The zero-order chi connectivity index (χ0) is 14.7. The summed E-state index contributed by atoms with van der Waals surface area (Å²) in [7, 11) is 0. The fraction of sp³-hybridized carbons (Fsp3) is 0.231. The monoisotopic (exact) mass is 282 g/mol. The molecule has 0 fully saturated rings. The maximum Gasteiger partial charge on any atom is 0.358 e. The maximum absolute atomic E-state index is 13.5. The van der Waals surface area contributed by atoms with Crippen LogP contribution in [-0.2, 0) is 11.3 Å². The van der Waals surface area contributed by atoms with Crippen LogP contribution >= 0.6 is 0 Å². The molecule has 2 aromatic rings. The first kappa shape index (κ1) is 14.0. The molecule has 0 aliphatic carbocycles. The zero-order valence-electron chi connectivity index (χ0n) is 10.6. The quantitative estimate of drug-likeness (QED) is 0.872. The van der Waals surface area contributed by atoms with E-state index in [0.29, 0.717) is 0 Å². The summed E-state index contributed by atoms with van der Waals surface area (Å²) >= 11 is 0. The van der Waals surface area contributed by atoms with Gasteiger partial charge in [0.25, 0.3) is 0 Å². The molecule has 0 amide bonds. The number of carbonyl (C=O) groups is 1. The van der Waals surface area contributed by atoms with Crippen molar-refractivity contribution in [2.24, 2.45) is 0 Å². The predicted molar refractivity (Wildman–Crippen MR) is 65.3 cm³/mol. The topological polar surface area (TPSA) is 64.3 Å². The number of benzene rings is 1. The fourth-order valence-corrected chi connectivity index (χ4v) is 1.65. The lowest BCUT2D eigenvalue weighted by atomic mass is 10.2. The van der Waals surface area contributed by atoms with Crippen molar-refractivity contribution in [3.63, 3.8) is 0 Å². The Balaban J connectivity index is 2.25. The Kier molecular flexibility index (Phi) is 3.97. The molecule has 0 aliphatic heterocycles. The van der Waals surface area contributed by atoms with Crippen LogP contribution in [0.3, 0.4) is 0 Å². The molecule has 1 aromatic heterocycles. The third-order valence-electron chi connectivity index (χ3n) is 2.57. The smallest absolute Gasteiger partial charge is 0.358 e. The number of aromatic nitrogens is 2. The molecule has 0 bridgehead atoms. The number of aromatic hydroxyl groups is 1. The minimum absolute atomic E-state index is 0.0128. The van der Waals surface area contributed by atoms with Crippen molar-refractivity contribution in [2.75, 3.05) is 6.61 Å². The van der Waals surface area contributed by atoms with Crippen molar-refractivity contribution < 1.29 is 23.4 Å². The van der Waals surface area contributed by atoms with Gasteiger partial charge in [0.15, 0.2) is 5.69 Å². The number of carbonyl (C=O) groups excluding carboxylic acids is 1. The zero-order valence-corrected chi connectivity index (χ0v) is 10.6. The largest absolute Gasteiger partial charge is 0.493 e. The second-order valence-electron chi connectivity index (χ2n) is 4.00. The van der Waals surface area contributed by atoms with Gasteiger partial charge in [0.1, 0.15) is 11.6 Å². The van der Waals surface area contributed by atoms with Crippen LogP contribution in [0.5, 0.6) is 5.88 Å². The first-order valence-corrected chi connectivity index (χ1v) is 5.89. The van der Waals surface area contributed by atoms with E-state index in [1.807, 2.05) is 0 Å². The van der Waals surface area contributed by atoms with Gasteiger partial charge in [-0.3, -0.25) is 0 Å². The Bertz CT molecular complexity index is 641. The van der Waals surface area contributed by atoms with E-state index in [1.54, 1.807) is 6.92 Å². The third kappa shape index (κ3) is 2.93. The molecular formula is C13H12F2N2O3. The summed E-state index contributed by atoms with van der Waals surface area (Å²) in [6.45, 7) is 1.61. The van der Waals surface area contributed by atoms with E-state index in [-0.39, 0.29) is 30.3 Å². The Morgan fingerprint density at radius 2 is 2.15 bits per heavy atom. The van der Waals surface area contributed by atoms with Crippen LogP contribution in [0, 0.1) is 11.6 Å².